The molecule has 1 heterocycles. The zero-order chi connectivity index (χ0) is 18.9. The molecule has 2 nitrogen and oxygen atoms in total. The number of nitrogens with zero attached hydrogens (tertiary/aromatic N) is 2. The van der Waals surface area contributed by atoms with Crippen LogP contribution in [0, 0.1) is 6.92 Å². The van der Waals surface area contributed by atoms with Gasteiger partial charge in [0.05, 0.1) is 11.2 Å². The van der Waals surface area contributed by atoms with Gasteiger partial charge in [-0.15, -0.1) is 0 Å². The third-order valence-corrected chi connectivity index (χ3v) is 5.37. The second-order valence-electron chi connectivity index (χ2n) is 7.60. The molecule has 2 aromatic carbocycles. The number of benzene rings is 2. The van der Waals surface area contributed by atoms with Gasteiger partial charge in [-0.1, -0.05) is 36.7 Å². The highest BCUT2D eigenvalue weighted by atomic mass is 35.5. The van der Waals surface area contributed by atoms with Gasteiger partial charge in [0.2, 0.25) is 0 Å². The van der Waals surface area contributed by atoms with Gasteiger partial charge < -0.3 is 4.90 Å². The van der Waals surface area contributed by atoms with Crippen LogP contribution in [0.1, 0.15) is 50.8 Å². The first kappa shape index (κ1) is 18.7. The molecule has 0 radical (unpaired) electrons. The Kier molecular flexibility index (Phi) is 5.24. The number of rotatable bonds is 4. The van der Waals surface area contributed by atoms with E-state index in [1.165, 1.54) is 16.8 Å². The van der Waals surface area contributed by atoms with Crippen LogP contribution in [0.2, 0.25) is 5.02 Å². The predicted molar refractivity (Wildman–Crippen MR) is 115 cm³/mol. The molecule has 1 aliphatic rings. The Balaban J connectivity index is 1.94. The second kappa shape index (κ2) is 7.28. The normalized spacial score (nSPS) is 15.9. The molecule has 0 bridgehead atoms. The van der Waals surface area contributed by atoms with E-state index in [0.29, 0.717) is 0 Å². The highest BCUT2D eigenvalue weighted by Crippen LogP contribution is 2.39. The number of hydrogen-bond donors (Lipinski definition) is 0. The molecule has 0 spiro atoms. The van der Waals surface area contributed by atoms with Crippen LogP contribution < -0.4 is 4.90 Å². The molecule has 0 aromatic heterocycles. The minimum absolute atomic E-state index is 0.0430. The molecular formula is C23H27ClN2. The van der Waals surface area contributed by atoms with Crippen molar-refractivity contribution in [1.29, 1.82) is 0 Å². The molecule has 0 fully saturated rings. The van der Waals surface area contributed by atoms with Crippen molar-refractivity contribution in [1.82, 2.24) is 0 Å². The number of aryl methyl sites for hydroxylation is 1. The lowest BCUT2D eigenvalue weighted by Gasteiger charge is -2.43. The van der Waals surface area contributed by atoms with Crippen LogP contribution in [-0.2, 0) is 0 Å². The number of allylic oxidation sites excluding steroid dienone is 1. The molecule has 3 heteroatoms. The largest absolute Gasteiger partial charge is 0.362 e. The van der Waals surface area contributed by atoms with Crippen LogP contribution in [0.3, 0.4) is 0 Å². The number of aliphatic imine (C=N–C) groups is 1. The van der Waals surface area contributed by atoms with E-state index in [1.807, 2.05) is 31.3 Å². The Morgan fingerprint density at radius 2 is 1.88 bits per heavy atom. The summed E-state index contributed by atoms with van der Waals surface area (Å²) in [5.41, 5.74) is 7.02. The van der Waals surface area contributed by atoms with E-state index in [2.05, 4.69) is 61.9 Å². The van der Waals surface area contributed by atoms with Gasteiger partial charge in [0.25, 0.3) is 0 Å². The van der Waals surface area contributed by atoms with Gasteiger partial charge in [-0.05, 0) is 75.1 Å². The summed E-state index contributed by atoms with van der Waals surface area (Å²) in [4.78, 5) is 7.09. The molecule has 0 atom stereocenters. The van der Waals surface area contributed by atoms with Crippen molar-refractivity contribution in [2.24, 2.45) is 4.99 Å². The van der Waals surface area contributed by atoms with Crippen molar-refractivity contribution in [2.45, 2.75) is 46.6 Å². The molecule has 0 amide bonds. The Morgan fingerprint density at radius 1 is 1.12 bits per heavy atom. The lowest BCUT2D eigenvalue weighted by Crippen LogP contribution is -2.45. The van der Waals surface area contributed by atoms with E-state index in [-0.39, 0.29) is 5.54 Å². The molecule has 3 rings (SSSR count). The monoisotopic (exact) mass is 366 g/mol. The summed E-state index contributed by atoms with van der Waals surface area (Å²) in [6.45, 7) is 12.0. The zero-order valence-electron chi connectivity index (χ0n) is 16.3. The maximum atomic E-state index is 6.20. The summed E-state index contributed by atoms with van der Waals surface area (Å²) in [7, 11) is 0. The van der Waals surface area contributed by atoms with Gasteiger partial charge in [-0.25, -0.2) is 0 Å². The van der Waals surface area contributed by atoms with Crippen LogP contribution in [0.5, 0.6) is 0 Å². The molecule has 2 aromatic rings. The third kappa shape index (κ3) is 3.71. The van der Waals surface area contributed by atoms with Crippen molar-refractivity contribution in [3.8, 4) is 0 Å². The minimum atomic E-state index is 0.0430. The lowest BCUT2D eigenvalue weighted by atomic mass is 9.88. The average Bonchev–Trinajstić information content (AvgIpc) is 2.59. The first-order chi connectivity index (χ1) is 12.3. The minimum Gasteiger partial charge on any atom is -0.362 e. The standard InChI is InChI=1S/C23H27ClN2/c1-6-11-26-22-10-8-18(12-20(22)17(3)14-23(26,4)5)15-25-19-9-7-16(2)21(24)13-19/h7-10,12-15H,6,11H2,1-5H3. The van der Waals surface area contributed by atoms with Gasteiger partial charge in [-0.3, -0.25) is 4.99 Å². The van der Waals surface area contributed by atoms with Crippen molar-refractivity contribution in [3.05, 3.63) is 64.2 Å². The zero-order valence-corrected chi connectivity index (χ0v) is 17.1. The van der Waals surface area contributed by atoms with E-state index < -0.39 is 0 Å². The van der Waals surface area contributed by atoms with E-state index in [9.17, 15) is 0 Å². The topological polar surface area (TPSA) is 15.6 Å². The quantitative estimate of drug-likeness (QED) is 0.542. The Bertz CT molecular complexity index is 878. The van der Waals surface area contributed by atoms with E-state index in [1.54, 1.807) is 0 Å². The molecule has 0 aliphatic carbocycles. The van der Waals surface area contributed by atoms with Crippen LogP contribution in [-0.4, -0.2) is 18.3 Å². The molecule has 0 N–H and O–H groups in total. The van der Waals surface area contributed by atoms with E-state index in [4.69, 9.17) is 11.6 Å². The number of fused-ring (bicyclic) bond motifs is 1. The smallest absolute Gasteiger partial charge is 0.0644 e. The van der Waals surface area contributed by atoms with Crippen molar-refractivity contribution in [2.75, 3.05) is 11.4 Å². The van der Waals surface area contributed by atoms with Crippen molar-refractivity contribution < 1.29 is 0 Å². The Hall–Kier alpha value is -2.06. The first-order valence-electron chi connectivity index (χ1n) is 9.23. The van der Waals surface area contributed by atoms with Crippen molar-refractivity contribution in [3.63, 3.8) is 0 Å². The van der Waals surface area contributed by atoms with Gasteiger partial charge in [0, 0.05) is 29.0 Å². The SMILES string of the molecule is CCCN1c2ccc(C=Nc3ccc(C)c(Cl)c3)cc2C(C)=CC1(C)C. The van der Waals surface area contributed by atoms with Gasteiger partial charge >= 0.3 is 0 Å². The van der Waals surface area contributed by atoms with E-state index >= 15 is 0 Å². The predicted octanol–water partition coefficient (Wildman–Crippen LogP) is 6.81. The average molecular weight is 367 g/mol. The molecule has 26 heavy (non-hydrogen) atoms. The number of halogens is 1. The molecule has 136 valence electrons. The molecule has 0 saturated heterocycles. The lowest BCUT2D eigenvalue weighted by molar-refractivity contribution is 0.550. The second-order valence-corrected chi connectivity index (χ2v) is 8.01. The Morgan fingerprint density at radius 3 is 2.58 bits per heavy atom. The molecule has 0 saturated carbocycles. The van der Waals surface area contributed by atoms with Crippen molar-refractivity contribution >= 4 is 34.8 Å². The van der Waals surface area contributed by atoms with E-state index in [0.717, 1.165) is 34.8 Å². The highest BCUT2D eigenvalue weighted by molar-refractivity contribution is 6.31. The third-order valence-electron chi connectivity index (χ3n) is 4.97. The number of anilines is 1. The van der Waals surface area contributed by atoms with Crippen LogP contribution >= 0.6 is 11.6 Å². The van der Waals surface area contributed by atoms with Gasteiger partial charge in [-0.2, -0.15) is 0 Å². The van der Waals surface area contributed by atoms with Crippen LogP contribution in [0.4, 0.5) is 11.4 Å². The first-order valence-corrected chi connectivity index (χ1v) is 9.61. The summed E-state index contributed by atoms with van der Waals surface area (Å²) in [5.74, 6) is 0. The summed E-state index contributed by atoms with van der Waals surface area (Å²) >= 11 is 6.20. The molecular weight excluding hydrogens is 340 g/mol. The summed E-state index contributed by atoms with van der Waals surface area (Å²) < 4.78 is 0. The molecule has 0 unspecified atom stereocenters. The maximum absolute atomic E-state index is 6.20. The van der Waals surface area contributed by atoms with Crippen LogP contribution in [0.15, 0.2) is 47.5 Å². The Labute approximate surface area is 162 Å². The summed E-state index contributed by atoms with van der Waals surface area (Å²) in [6, 6.07) is 12.5. The highest BCUT2D eigenvalue weighted by Gasteiger charge is 2.30. The summed E-state index contributed by atoms with van der Waals surface area (Å²) in [5, 5.41) is 0.751. The summed E-state index contributed by atoms with van der Waals surface area (Å²) in [6.07, 6.45) is 5.41. The fourth-order valence-corrected chi connectivity index (χ4v) is 3.80. The van der Waals surface area contributed by atoms with Gasteiger partial charge in [0.1, 0.15) is 0 Å². The van der Waals surface area contributed by atoms with Gasteiger partial charge in [0.15, 0.2) is 0 Å². The maximum Gasteiger partial charge on any atom is 0.0644 e. The van der Waals surface area contributed by atoms with Crippen LogP contribution in [0.25, 0.3) is 5.57 Å². The fraction of sp³-hybridized carbons (Fsp3) is 0.348. The number of hydrogen-bond acceptors (Lipinski definition) is 2. The molecule has 1 aliphatic heterocycles. The fourth-order valence-electron chi connectivity index (χ4n) is 3.62.